The minimum Gasteiger partial charge on any atom is -0.490 e. The Morgan fingerprint density at radius 1 is 1.08 bits per heavy atom. The number of hydrogen-bond donors (Lipinski definition) is 2. The SMILES string of the molecule is CC(C)Oc1ccccc1NC(=O)NCCOc1ccccc1Cl. The van der Waals surface area contributed by atoms with Crippen molar-refractivity contribution in [3.63, 3.8) is 0 Å². The summed E-state index contributed by atoms with van der Waals surface area (Å²) < 4.78 is 11.2. The Morgan fingerprint density at radius 3 is 2.46 bits per heavy atom. The summed E-state index contributed by atoms with van der Waals surface area (Å²) in [6.45, 7) is 4.54. The van der Waals surface area contributed by atoms with Crippen molar-refractivity contribution < 1.29 is 14.3 Å². The molecule has 0 fully saturated rings. The summed E-state index contributed by atoms with van der Waals surface area (Å²) in [5.41, 5.74) is 0.621. The van der Waals surface area contributed by atoms with Crippen molar-refractivity contribution in [2.75, 3.05) is 18.5 Å². The summed E-state index contributed by atoms with van der Waals surface area (Å²) in [5.74, 6) is 1.23. The van der Waals surface area contributed by atoms with Gasteiger partial charge in [-0.15, -0.1) is 0 Å². The monoisotopic (exact) mass is 348 g/mol. The number of hydrogen-bond acceptors (Lipinski definition) is 3. The summed E-state index contributed by atoms with van der Waals surface area (Å²) in [7, 11) is 0. The van der Waals surface area contributed by atoms with Crippen molar-refractivity contribution in [2.45, 2.75) is 20.0 Å². The number of rotatable bonds is 7. The first-order chi connectivity index (χ1) is 11.6. The number of carbonyl (C=O) groups excluding carboxylic acids is 1. The first-order valence-corrected chi connectivity index (χ1v) is 8.12. The highest BCUT2D eigenvalue weighted by molar-refractivity contribution is 6.32. The van der Waals surface area contributed by atoms with E-state index in [-0.39, 0.29) is 12.1 Å². The van der Waals surface area contributed by atoms with E-state index in [1.54, 1.807) is 18.2 Å². The van der Waals surface area contributed by atoms with Gasteiger partial charge in [0.1, 0.15) is 18.1 Å². The van der Waals surface area contributed by atoms with Gasteiger partial charge < -0.3 is 20.1 Å². The predicted molar refractivity (Wildman–Crippen MR) is 96.2 cm³/mol. The molecule has 0 unspecified atom stereocenters. The lowest BCUT2D eigenvalue weighted by Gasteiger charge is -2.15. The summed E-state index contributed by atoms with van der Waals surface area (Å²) >= 11 is 5.99. The van der Waals surface area contributed by atoms with Crippen LogP contribution in [0.15, 0.2) is 48.5 Å². The number of urea groups is 1. The fraction of sp³-hybridized carbons (Fsp3) is 0.278. The first-order valence-electron chi connectivity index (χ1n) is 7.74. The molecular formula is C18H21ClN2O3. The summed E-state index contributed by atoms with van der Waals surface area (Å²) in [4.78, 5) is 12.0. The van der Waals surface area contributed by atoms with Crippen molar-refractivity contribution in [2.24, 2.45) is 0 Å². The largest absolute Gasteiger partial charge is 0.490 e. The van der Waals surface area contributed by atoms with Crippen LogP contribution in [0.2, 0.25) is 5.02 Å². The molecule has 2 rings (SSSR count). The molecule has 0 aliphatic rings. The van der Waals surface area contributed by atoms with E-state index in [9.17, 15) is 4.79 Å². The van der Waals surface area contributed by atoms with E-state index in [1.807, 2.05) is 44.2 Å². The van der Waals surface area contributed by atoms with Gasteiger partial charge in [-0.2, -0.15) is 0 Å². The Hall–Kier alpha value is -2.40. The van der Waals surface area contributed by atoms with E-state index < -0.39 is 0 Å². The third-order valence-corrected chi connectivity index (χ3v) is 3.29. The molecular weight excluding hydrogens is 328 g/mol. The topological polar surface area (TPSA) is 59.6 Å². The molecule has 2 amide bonds. The van der Waals surface area contributed by atoms with Crippen molar-refractivity contribution in [1.29, 1.82) is 0 Å². The summed E-state index contributed by atoms with van der Waals surface area (Å²) in [6.07, 6.45) is 0.0278. The van der Waals surface area contributed by atoms with Gasteiger partial charge in [-0.1, -0.05) is 35.9 Å². The quantitative estimate of drug-likeness (QED) is 0.732. The number of benzene rings is 2. The maximum atomic E-state index is 12.0. The van der Waals surface area contributed by atoms with Gasteiger partial charge in [-0.25, -0.2) is 4.79 Å². The van der Waals surface area contributed by atoms with E-state index in [2.05, 4.69) is 10.6 Å². The predicted octanol–water partition coefficient (Wildman–Crippen LogP) is 4.33. The molecule has 2 aromatic carbocycles. The maximum Gasteiger partial charge on any atom is 0.319 e. The van der Waals surface area contributed by atoms with Crippen LogP contribution in [0, 0.1) is 0 Å². The van der Waals surface area contributed by atoms with Gasteiger partial charge in [0.25, 0.3) is 0 Å². The molecule has 0 saturated carbocycles. The minimum absolute atomic E-state index is 0.0278. The molecule has 0 aliphatic carbocycles. The number of nitrogens with one attached hydrogen (secondary N) is 2. The highest BCUT2D eigenvalue weighted by Gasteiger charge is 2.08. The van der Waals surface area contributed by atoms with Crippen LogP contribution < -0.4 is 20.1 Å². The van der Waals surface area contributed by atoms with Crippen LogP contribution >= 0.6 is 11.6 Å². The standard InChI is InChI=1S/C18H21ClN2O3/c1-13(2)24-17-10-6-4-8-15(17)21-18(22)20-11-12-23-16-9-5-3-7-14(16)19/h3-10,13H,11-12H2,1-2H3,(H2,20,21,22). The average Bonchev–Trinajstić information content (AvgIpc) is 2.54. The van der Waals surface area contributed by atoms with Crippen molar-refractivity contribution in [3.05, 3.63) is 53.6 Å². The molecule has 0 spiro atoms. The third kappa shape index (κ3) is 5.66. The van der Waals surface area contributed by atoms with E-state index in [1.165, 1.54) is 0 Å². The number of ether oxygens (including phenoxy) is 2. The lowest BCUT2D eigenvalue weighted by molar-refractivity contribution is 0.240. The average molecular weight is 349 g/mol. The molecule has 5 nitrogen and oxygen atoms in total. The minimum atomic E-state index is -0.322. The van der Waals surface area contributed by atoms with Crippen LogP contribution in [0.4, 0.5) is 10.5 Å². The van der Waals surface area contributed by atoms with Crippen LogP contribution in [-0.2, 0) is 0 Å². The first kappa shape index (κ1) is 17.9. The van der Waals surface area contributed by atoms with Crippen LogP contribution in [-0.4, -0.2) is 25.3 Å². The lowest BCUT2D eigenvalue weighted by Crippen LogP contribution is -2.32. The molecule has 0 saturated heterocycles. The number of amides is 2. The van der Waals surface area contributed by atoms with Gasteiger partial charge >= 0.3 is 6.03 Å². The molecule has 0 bridgehead atoms. The fourth-order valence-corrected chi connectivity index (χ4v) is 2.17. The Kier molecular flexibility index (Phi) is 6.75. The Bertz CT molecular complexity index is 677. The molecule has 0 aliphatic heterocycles. The maximum absolute atomic E-state index is 12.0. The molecule has 2 N–H and O–H groups in total. The zero-order chi connectivity index (χ0) is 17.4. The second-order valence-corrected chi connectivity index (χ2v) is 5.73. The molecule has 0 atom stereocenters. The molecule has 24 heavy (non-hydrogen) atoms. The molecule has 0 aromatic heterocycles. The van der Waals surface area contributed by atoms with E-state index >= 15 is 0 Å². The fourth-order valence-electron chi connectivity index (χ4n) is 1.98. The number of para-hydroxylation sites is 3. The summed E-state index contributed by atoms with van der Waals surface area (Å²) in [6, 6.07) is 14.2. The van der Waals surface area contributed by atoms with Gasteiger partial charge in [-0.05, 0) is 38.1 Å². The smallest absolute Gasteiger partial charge is 0.319 e. The Balaban J connectivity index is 1.79. The van der Waals surface area contributed by atoms with Gasteiger partial charge in [0, 0.05) is 0 Å². The third-order valence-electron chi connectivity index (χ3n) is 2.98. The zero-order valence-electron chi connectivity index (χ0n) is 13.7. The highest BCUT2D eigenvalue weighted by atomic mass is 35.5. The number of halogens is 1. The summed E-state index contributed by atoms with van der Waals surface area (Å²) in [5, 5.41) is 6.04. The molecule has 6 heteroatoms. The highest BCUT2D eigenvalue weighted by Crippen LogP contribution is 2.25. The van der Waals surface area contributed by atoms with Crippen molar-refractivity contribution in [1.82, 2.24) is 5.32 Å². The molecule has 0 heterocycles. The lowest BCUT2D eigenvalue weighted by atomic mass is 10.3. The van der Waals surface area contributed by atoms with E-state index in [0.29, 0.717) is 35.4 Å². The van der Waals surface area contributed by atoms with E-state index in [0.717, 1.165) is 0 Å². The Labute approximate surface area is 146 Å². The zero-order valence-corrected chi connectivity index (χ0v) is 14.5. The normalized spacial score (nSPS) is 10.3. The van der Waals surface area contributed by atoms with Crippen LogP contribution in [0.5, 0.6) is 11.5 Å². The number of carbonyl (C=O) groups is 1. The van der Waals surface area contributed by atoms with Crippen molar-refractivity contribution in [3.8, 4) is 11.5 Å². The number of anilines is 1. The molecule has 0 radical (unpaired) electrons. The second-order valence-electron chi connectivity index (χ2n) is 5.32. The van der Waals surface area contributed by atoms with Gasteiger partial charge in [0.2, 0.25) is 0 Å². The molecule has 2 aromatic rings. The van der Waals surface area contributed by atoms with Crippen molar-refractivity contribution >= 4 is 23.3 Å². The van der Waals surface area contributed by atoms with Gasteiger partial charge in [0.05, 0.1) is 23.4 Å². The molecule has 128 valence electrons. The van der Waals surface area contributed by atoms with Crippen LogP contribution in [0.25, 0.3) is 0 Å². The van der Waals surface area contributed by atoms with Crippen LogP contribution in [0.3, 0.4) is 0 Å². The Morgan fingerprint density at radius 2 is 1.75 bits per heavy atom. The van der Waals surface area contributed by atoms with Gasteiger partial charge in [0.15, 0.2) is 0 Å². The van der Waals surface area contributed by atoms with Crippen LogP contribution in [0.1, 0.15) is 13.8 Å². The van der Waals surface area contributed by atoms with Gasteiger partial charge in [-0.3, -0.25) is 0 Å². The second kappa shape index (κ2) is 9.03. The van der Waals surface area contributed by atoms with E-state index in [4.69, 9.17) is 21.1 Å².